The van der Waals surface area contributed by atoms with E-state index in [-0.39, 0.29) is 0 Å². The normalized spacial score (nSPS) is 9.58. The highest BCUT2D eigenvalue weighted by molar-refractivity contribution is 9.10. The Kier molecular flexibility index (Phi) is 5.06. The van der Waals surface area contributed by atoms with Gasteiger partial charge in [-0.1, -0.05) is 48.2 Å². The summed E-state index contributed by atoms with van der Waals surface area (Å²) in [6.07, 6.45) is 0.583. The quantitative estimate of drug-likeness (QED) is 0.752. The van der Waals surface area contributed by atoms with Gasteiger partial charge in [0.2, 0.25) is 0 Å². The second-order valence-corrected chi connectivity index (χ2v) is 4.79. The van der Waals surface area contributed by atoms with E-state index in [1.54, 1.807) is 0 Å². The SMILES string of the molecule is [CH2]CC#Cc1c(Br)cccc1OCc1ccccc1. The van der Waals surface area contributed by atoms with E-state index in [2.05, 4.69) is 34.7 Å². The molecule has 0 aliphatic rings. The number of ether oxygens (including phenoxy) is 1. The Balaban J connectivity index is 2.18. The first kappa shape index (κ1) is 13.7. The molecule has 0 bridgehead atoms. The average Bonchev–Trinajstić information content (AvgIpc) is 2.45. The number of rotatable bonds is 3. The second kappa shape index (κ2) is 7.01. The lowest BCUT2D eigenvalue weighted by atomic mass is 10.2. The third-order valence-electron chi connectivity index (χ3n) is 2.55. The van der Waals surface area contributed by atoms with Crippen LogP contribution in [-0.2, 0) is 6.61 Å². The zero-order chi connectivity index (χ0) is 13.5. The molecule has 0 unspecified atom stereocenters. The maximum Gasteiger partial charge on any atom is 0.136 e. The third-order valence-corrected chi connectivity index (χ3v) is 3.21. The van der Waals surface area contributed by atoms with Crippen molar-refractivity contribution in [1.82, 2.24) is 0 Å². The molecule has 0 N–H and O–H groups in total. The van der Waals surface area contributed by atoms with E-state index in [9.17, 15) is 0 Å². The molecule has 1 radical (unpaired) electrons. The number of hydrogen-bond acceptors (Lipinski definition) is 1. The van der Waals surface area contributed by atoms with Crippen molar-refractivity contribution >= 4 is 15.9 Å². The minimum atomic E-state index is 0.538. The molecule has 0 saturated carbocycles. The average molecular weight is 314 g/mol. The van der Waals surface area contributed by atoms with Crippen LogP contribution in [0.2, 0.25) is 0 Å². The van der Waals surface area contributed by atoms with Crippen LogP contribution in [0, 0.1) is 18.8 Å². The van der Waals surface area contributed by atoms with Crippen LogP contribution in [0.1, 0.15) is 17.5 Å². The van der Waals surface area contributed by atoms with Crippen LogP contribution in [0.3, 0.4) is 0 Å². The van der Waals surface area contributed by atoms with E-state index < -0.39 is 0 Å². The van der Waals surface area contributed by atoms with Crippen LogP contribution in [0.4, 0.5) is 0 Å². The van der Waals surface area contributed by atoms with Gasteiger partial charge in [-0.2, -0.15) is 0 Å². The maximum absolute atomic E-state index is 5.85. The first-order valence-electron chi connectivity index (χ1n) is 6.04. The van der Waals surface area contributed by atoms with Crippen LogP contribution in [0.5, 0.6) is 5.75 Å². The van der Waals surface area contributed by atoms with Crippen LogP contribution >= 0.6 is 15.9 Å². The lowest BCUT2D eigenvalue weighted by molar-refractivity contribution is 0.305. The number of halogens is 1. The Morgan fingerprint density at radius 2 is 1.84 bits per heavy atom. The van der Waals surface area contributed by atoms with E-state index >= 15 is 0 Å². The summed E-state index contributed by atoms with van der Waals surface area (Å²) in [7, 11) is 0. The van der Waals surface area contributed by atoms with E-state index in [0.29, 0.717) is 13.0 Å². The largest absolute Gasteiger partial charge is 0.488 e. The van der Waals surface area contributed by atoms with Crippen molar-refractivity contribution < 1.29 is 4.74 Å². The monoisotopic (exact) mass is 313 g/mol. The van der Waals surface area contributed by atoms with Crippen LogP contribution in [0.15, 0.2) is 53.0 Å². The van der Waals surface area contributed by atoms with E-state index in [1.807, 2.05) is 48.5 Å². The highest BCUT2D eigenvalue weighted by atomic mass is 79.9. The maximum atomic E-state index is 5.85. The molecule has 2 aromatic rings. The molecule has 0 atom stereocenters. The van der Waals surface area contributed by atoms with Crippen LogP contribution < -0.4 is 4.74 Å². The van der Waals surface area contributed by atoms with Gasteiger partial charge < -0.3 is 4.74 Å². The molecule has 0 aliphatic carbocycles. The molecule has 19 heavy (non-hydrogen) atoms. The van der Waals surface area contributed by atoms with Gasteiger partial charge >= 0.3 is 0 Å². The van der Waals surface area contributed by atoms with Gasteiger partial charge in [0.05, 0.1) is 5.56 Å². The predicted octanol–water partition coefficient (Wildman–Crippen LogP) is 4.60. The molecule has 1 nitrogen and oxygen atoms in total. The zero-order valence-electron chi connectivity index (χ0n) is 10.5. The van der Waals surface area contributed by atoms with E-state index in [1.165, 1.54) is 0 Å². The Hall–Kier alpha value is -1.72. The fraction of sp³-hybridized carbons (Fsp3) is 0.118. The van der Waals surface area contributed by atoms with Crippen LogP contribution in [0.25, 0.3) is 0 Å². The predicted molar refractivity (Wildman–Crippen MR) is 81.8 cm³/mol. The van der Waals surface area contributed by atoms with Gasteiger partial charge in [0.1, 0.15) is 12.4 Å². The molecule has 0 saturated heterocycles. The van der Waals surface area contributed by atoms with Crippen molar-refractivity contribution in [2.75, 3.05) is 0 Å². The fourth-order valence-electron chi connectivity index (χ4n) is 1.63. The van der Waals surface area contributed by atoms with Gasteiger partial charge in [-0.3, -0.25) is 0 Å². The highest BCUT2D eigenvalue weighted by Crippen LogP contribution is 2.26. The topological polar surface area (TPSA) is 9.23 Å². The van der Waals surface area contributed by atoms with Gasteiger partial charge in [0.25, 0.3) is 0 Å². The van der Waals surface area contributed by atoms with Crippen molar-refractivity contribution in [3.05, 3.63) is 71.1 Å². The number of benzene rings is 2. The standard InChI is InChI=1S/C17H14BrO/c1-2-3-10-15-16(18)11-7-12-17(15)19-13-14-8-5-4-6-9-14/h4-9,11-12H,1-2,13H2. The summed E-state index contributed by atoms with van der Waals surface area (Å²) >= 11 is 3.50. The van der Waals surface area contributed by atoms with Gasteiger partial charge in [0.15, 0.2) is 0 Å². The summed E-state index contributed by atoms with van der Waals surface area (Å²) in [6, 6.07) is 15.9. The van der Waals surface area contributed by atoms with Gasteiger partial charge in [-0.25, -0.2) is 0 Å². The van der Waals surface area contributed by atoms with Crippen molar-refractivity contribution in [2.24, 2.45) is 0 Å². The molecular weight excluding hydrogens is 300 g/mol. The summed E-state index contributed by atoms with van der Waals surface area (Å²) in [4.78, 5) is 0. The lowest BCUT2D eigenvalue weighted by Crippen LogP contribution is -1.97. The molecule has 2 rings (SSSR count). The van der Waals surface area contributed by atoms with Crippen molar-refractivity contribution in [3.8, 4) is 17.6 Å². The Bertz CT molecular complexity index is 594. The Labute approximate surface area is 122 Å². The Morgan fingerprint density at radius 3 is 2.58 bits per heavy atom. The molecule has 2 heteroatoms. The fourth-order valence-corrected chi connectivity index (χ4v) is 2.08. The smallest absolute Gasteiger partial charge is 0.136 e. The van der Waals surface area contributed by atoms with E-state index in [0.717, 1.165) is 21.3 Å². The molecule has 0 aromatic heterocycles. The minimum absolute atomic E-state index is 0.538. The molecule has 0 fully saturated rings. The first-order valence-corrected chi connectivity index (χ1v) is 6.84. The summed E-state index contributed by atoms with van der Waals surface area (Å²) in [5.41, 5.74) is 2.01. The highest BCUT2D eigenvalue weighted by Gasteiger charge is 2.05. The Morgan fingerprint density at radius 1 is 1.05 bits per heavy atom. The summed E-state index contributed by atoms with van der Waals surface area (Å²) in [5, 5.41) is 0. The molecule has 0 spiro atoms. The summed E-state index contributed by atoms with van der Waals surface area (Å²) in [6.45, 7) is 4.26. The van der Waals surface area contributed by atoms with Crippen LogP contribution in [-0.4, -0.2) is 0 Å². The van der Waals surface area contributed by atoms with Crippen molar-refractivity contribution in [3.63, 3.8) is 0 Å². The lowest BCUT2D eigenvalue weighted by Gasteiger charge is -2.09. The second-order valence-electron chi connectivity index (χ2n) is 3.94. The van der Waals surface area contributed by atoms with Gasteiger partial charge in [0, 0.05) is 10.9 Å². The van der Waals surface area contributed by atoms with Crippen molar-refractivity contribution in [1.29, 1.82) is 0 Å². The van der Waals surface area contributed by atoms with Gasteiger partial charge in [-0.05, 0) is 40.5 Å². The van der Waals surface area contributed by atoms with Gasteiger partial charge in [-0.15, -0.1) is 0 Å². The first-order chi connectivity index (χ1) is 9.31. The molecular formula is C17H14BrO. The summed E-state index contributed by atoms with van der Waals surface area (Å²) < 4.78 is 6.79. The zero-order valence-corrected chi connectivity index (χ0v) is 12.1. The molecule has 2 aromatic carbocycles. The van der Waals surface area contributed by atoms with E-state index in [4.69, 9.17) is 4.74 Å². The molecule has 0 amide bonds. The third kappa shape index (κ3) is 3.87. The number of hydrogen-bond donors (Lipinski definition) is 0. The summed E-state index contributed by atoms with van der Waals surface area (Å²) in [5.74, 6) is 6.85. The molecule has 0 heterocycles. The molecule has 95 valence electrons. The minimum Gasteiger partial charge on any atom is -0.488 e. The molecule has 0 aliphatic heterocycles. The van der Waals surface area contributed by atoms with Crippen molar-refractivity contribution in [2.45, 2.75) is 13.0 Å².